The van der Waals surface area contributed by atoms with Crippen LogP contribution in [0.3, 0.4) is 0 Å². The molecule has 1 fully saturated rings. The molecule has 0 saturated heterocycles. The molecule has 0 spiro atoms. The number of anilines is 1. The Kier molecular flexibility index (Phi) is 4.28. The van der Waals surface area contributed by atoms with Gasteiger partial charge in [0.2, 0.25) is 0 Å². The highest BCUT2D eigenvalue weighted by Gasteiger charge is 2.17. The SMILES string of the molecule is C(=C/c1nc2cnccn2c1NC1CCCCC1)/c1ccccc1. The van der Waals surface area contributed by atoms with Crippen LogP contribution in [0.2, 0.25) is 0 Å². The van der Waals surface area contributed by atoms with Gasteiger partial charge in [0.1, 0.15) is 11.5 Å². The van der Waals surface area contributed by atoms with Gasteiger partial charge in [-0.25, -0.2) is 4.98 Å². The highest BCUT2D eigenvalue weighted by molar-refractivity contribution is 5.75. The first-order valence-corrected chi connectivity index (χ1v) is 8.72. The summed E-state index contributed by atoms with van der Waals surface area (Å²) in [4.78, 5) is 8.94. The molecule has 0 bridgehead atoms. The zero-order chi connectivity index (χ0) is 16.2. The van der Waals surface area contributed by atoms with Crippen LogP contribution in [0.5, 0.6) is 0 Å². The summed E-state index contributed by atoms with van der Waals surface area (Å²) in [5, 5.41) is 3.73. The van der Waals surface area contributed by atoms with Gasteiger partial charge in [-0.05, 0) is 24.5 Å². The number of nitrogens with one attached hydrogen (secondary N) is 1. The summed E-state index contributed by atoms with van der Waals surface area (Å²) in [6.07, 6.45) is 16.3. The van der Waals surface area contributed by atoms with Crippen LogP contribution in [0.1, 0.15) is 43.4 Å². The predicted octanol–water partition coefficient (Wildman–Crippen LogP) is 4.64. The molecule has 1 aliphatic carbocycles. The third kappa shape index (κ3) is 3.18. The molecule has 4 heteroatoms. The highest BCUT2D eigenvalue weighted by atomic mass is 15.2. The summed E-state index contributed by atoms with van der Waals surface area (Å²) < 4.78 is 2.10. The van der Waals surface area contributed by atoms with E-state index in [1.54, 1.807) is 0 Å². The van der Waals surface area contributed by atoms with Gasteiger partial charge in [-0.2, -0.15) is 0 Å². The van der Waals surface area contributed by atoms with Crippen LogP contribution < -0.4 is 5.32 Å². The largest absolute Gasteiger partial charge is 0.367 e. The van der Waals surface area contributed by atoms with E-state index in [0.717, 1.165) is 17.2 Å². The van der Waals surface area contributed by atoms with Crippen molar-refractivity contribution in [2.75, 3.05) is 5.32 Å². The van der Waals surface area contributed by atoms with Crippen LogP contribution in [0.4, 0.5) is 5.82 Å². The number of nitrogens with zero attached hydrogens (tertiary/aromatic N) is 3. The molecular formula is C20H22N4. The van der Waals surface area contributed by atoms with Crippen molar-refractivity contribution in [1.29, 1.82) is 0 Å². The van der Waals surface area contributed by atoms with Gasteiger partial charge < -0.3 is 5.32 Å². The Labute approximate surface area is 142 Å². The normalized spacial score (nSPS) is 16.0. The van der Waals surface area contributed by atoms with Crippen LogP contribution >= 0.6 is 0 Å². The molecule has 3 aromatic rings. The standard InChI is InChI=1S/C20H22N4/c1-3-7-16(8-4-1)11-12-18-20(22-17-9-5-2-6-10-17)24-14-13-21-15-19(24)23-18/h1,3-4,7-8,11-15,17,22H,2,5-6,9-10H2/b12-11-. The van der Waals surface area contributed by atoms with Gasteiger partial charge in [0.05, 0.1) is 6.20 Å². The van der Waals surface area contributed by atoms with Gasteiger partial charge in [-0.1, -0.05) is 55.7 Å². The van der Waals surface area contributed by atoms with E-state index in [9.17, 15) is 0 Å². The van der Waals surface area contributed by atoms with E-state index in [1.807, 2.05) is 24.7 Å². The average Bonchev–Trinajstić information content (AvgIpc) is 2.99. The van der Waals surface area contributed by atoms with Crippen LogP contribution in [0.25, 0.3) is 17.8 Å². The molecule has 24 heavy (non-hydrogen) atoms. The maximum atomic E-state index is 4.74. The van der Waals surface area contributed by atoms with E-state index < -0.39 is 0 Å². The summed E-state index contributed by atoms with van der Waals surface area (Å²) in [6.45, 7) is 0. The Hall–Kier alpha value is -2.62. The minimum atomic E-state index is 0.538. The summed E-state index contributed by atoms with van der Waals surface area (Å²) in [5.74, 6) is 1.08. The van der Waals surface area contributed by atoms with Gasteiger partial charge in [-0.3, -0.25) is 9.38 Å². The average molecular weight is 318 g/mol. The molecular weight excluding hydrogens is 296 g/mol. The first kappa shape index (κ1) is 14.9. The lowest BCUT2D eigenvalue weighted by Crippen LogP contribution is -2.23. The second-order valence-electron chi connectivity index (χ2n) is 6.37. The van der Waals surface area contributed by atoms with Crippen molar-refractivity contribution in [3.8, 4) is 0 Å². The number of aromatic nitrogens is 3. The predicted molar refractivity (Wildman–Crippen MR) is 98.9 cm³/mol. The van der Waals surface area contributed by atoms with Crippen molar-refractivity contribution in [1.82, 2.24) is 14.4 Å². The third-order valence-corrected chi connectivity index (χ3v) is 4.64. The number of imidazole rings is 1. The topological polar surface area (TPSA) is 42.2 Å². The van der Waals surface area contributed by atoms with Gasteiger partial charge in [0.15, 0.2) is 5.65 Å². The molecule has 0 radical (unpaired) electrons. The molecule has 0 atom stereocenters. The van der Waals surface area contributed by atoms with E-state index in [4.69, 9.17) is 4.98 Å². The lowest BCUT2D eigenvalue weighted by Gasteiger charge is -2.23. The van der Waals surface area contributed by atoms with E-state index >= 15 is 0 Å². The molecule has 2 heterocycles. The maximum Gasteiger partial charge on any atom is 0.157 e. The van der Waals surface area contributed by atoms with Crippen molar-refractivity contribution in [2.24, 2.45) is 0 Å². The van der Waals surface area contributed by atoms with Crippen LogP contribution in [-0.4, -0.2) is 20.4 Å². The summed E-state index contributed by atoms with van der Waals surface area (Å²) in [7, 11) is 0. The van der Waals surface area contributed by atoms with Crippen LogP contribution in [0.15, 0.2) is 48.9 Å². The molecule has 4 rings (SSSR count). The second-order valence-corrected chi connectivity index (χ2v) is 6.37. The quantitative estimate of drug-likeness (QED) is 0.761. The number of rotatable bonds is 4. The molecule has 4 nitrogen and oxygen atoms in total. The minimum Gasteiger partial charge on any atom is -0.367 e. The molecule has 0 unspecified atom stereocenters. The van der Waals surface area contributed by atoms with Crippen molar-refractivity contribution < 1.29 is 0 Å². The lowest BCUT2D eigenvalue weighted by atomic mass is 9.95. The molecule has 0 aliphatic heterocycles. The van der Waals surface area contributed by atoms with E-state index in [2.05, 4.69) is 51.1 Å². The van der Waals surface area contributed by atoms with Gasteiger partial charge in [0, 0.05) is 18.4 Å². The van der Waals surface area contributed by atoms with Crippen molar-refractivity contribution >= 4 is 23.6 Å². The van der Waals surface area contributed by atoms with Crippen molar-refractivity contribution in [3.05, 3.63) is 60.2 Å². The molecule has 1 aliphatic rings. The number of hydrogen-bond acceptors (Lipinski definition) is 3. The molecule has 0 amide bonds. The zero-order valence-electron chi connectivity index (χ0n) is 13.7. The van der Waals surface area contributed by atoms with Crippen molar-refractivity contribution in [3.63, 3.8) is 0 Å². The first-order chi connectivity index (χ1) is 11.9. The minimum absolute atomic E-state index is 0.538. The monoisotopic (exact) mass is 318 g/mol. The lowest BCUT2D eigenvalue weighted by molar-refractivity contribution is 0.461. The summed E-state index contributed by atoms with van der Waals surface area (Å²) >= 11 is 0. The fraction of sp³-hybridized carbons (Fsp3) is 0.300. The first-order valence-electron chi connectivity index (χ1n) is 8.72. The van der Waals surface area contributed by atoms with E-state index in [0.29, 0.717) is 6.04 Å². The van der Waals surface area contributed by atoms with Gasteiger partial charge in [0.25, 0.3) is 0 Å². The van der Waals surface area contributed by atoms with Crippen LogP contribution in [0, 0.1) is 0 Å². The summed E-state index contributed by atoms with van der Waals surface area (Å²) in [5.41, 5.74) is 3.03. The van der Waals surface area contributed by atoms with Gasteiger partial charge >= 0.3 is 0 Å². The summed E-state index contributed by atoms with van der Waals surface area (Å²) in [6, 6.07) is 10.9. The fourth-order valence-electron chi connectivity index (χ4n) is 3.36. The smallest absolute Gasteiger partial charge is 0.157 e. The van der Waals surface area contributed by atoms with Crippen molar-refractivity contribution in [2.45, 2.75) is 38.1 Å². The zero-order valence-corrected chi connectivity index (χ0v) is 13.7. The second kappa shape index (κ2) is 6.87. The Bertz CT molecular complexity index is 829. The Morgan fingerprint density at radius 3 is 2.71 bits per heavy atom. The number of hydrogen-bond donors (Lipinski definition) is 1. The Balaban J connectivity index is 1.68. The molecule has 2 aromatic heterocycles. The number of benzene rings is 1. The maximum absolute atomic E-state index is 4.74. The molecule has 1 saturated carbocycles. The number of fused-ring (bicyclic) bond motifs is 1. The third-order valence-electron chi connectivity index (χ3n) is 4.64. The highest BCUT2D eigenvalue weighted by Crippen LogP contribution is 2.25. The Morgan fingerprint density at radius 1 is 1.04 bits per heavy atom. The molecule has 1 aromatic carbocycles. The Morgan fingerprint density at radius 2 is 1.88 bits per heavy atom. The van der Waals surface area contributed by atoms with Crippen LogP contribution in [-0.2, 0) is 0 Å². The van der Waals surface area contributed by atoms with E-state index in [-0.39, 0.29) is 0 Å². The van der Waals surface area contributed by atoms with E-state index in [1.165, 1.54) is 37.7 Å². The van der Waals surface area contributed by atoms with Gasteiger partial charge in [-0.15, -0.1) is 0 Å². The molecule has 122 valence electrons. The molecule has 1 N–H and O–H groups in total. The fourth-order valence-corrected chi connectivity index (χ4v) is 3.36.